The Labute approximate surface area is 108 Å². The topological polar surface area (TPSA) is 105 Å². The van der Waals surface area contributed by atoms with Crippen molar-refractivity contribution in [3.8, 4) is 0 Å². The van der Waals surface area contributed by atoms with Crippen LogP contribution in [0.5, 0.6) is 0 Å². The second kappa shape index (κ2) is 5.21. The fourth-order valence-electron chi connectivity index (χ4n) is 1.46. The van der Waals surface area contributed by atoms with Gasteiger partial charge in [0.25, 0.3) is 5.56 Å². The van der Waals surface area contributed by atoms with Gasteiger partial charge in [0, 0.05) is 7.05 Å². The molecule has 2 aromatic rings. The summed E-state index contributed by atoms with van der Waals surface area (Å²) in [5, 5.41) is 3.91. The highest BCUT2D eigenvalue weighted by Gasteiger charge is 2.06. The summed E-state index contributed by atoms with van der Waals surface area (Å²) in [6, 6.07) is 9.23. The minimum atomic E-state index is -0.560. The molecule has 0 aliphatic carbocycles. The summed E-state index contributed by atoms with van der Waals surface area (Å²) in [6.45, 7) is 0. The van der Waals surface area contributed by atoms with Gasteiger partial charge in [0.15, 0.2) is 0 Å². The number of hydrogen-bond acceptors (Lipinski definition) is 5. The summed E-state index contributed by atoms with van der Waals surface area (Å²) in [7, 11) is 1.36. The van der Waals surface area contributed by atoms with Crippen LogP contribution in [0, 0.1) is 0 Å². The number of aromatic nitrogens is 2. The molecular formula is C12H13N5O2. The van der Waals surface area contributed by atoms with Crippen LogP contribution in [0.2, 0.25) is 0 Å². The first kappa shape index (κ1) is 12.6. The van der Waals surface area contributed by atoms with Crippen LogP contribution in [0.15, 0.2) is 45.0 Å². The average Bonchev–Trinajstić information content (AvgIpc) is 2.41. The maximum atomic E-state index is 11.8. The van der Waals surface area contributed by atoms with E-state index in [9.17, 15) is 9.59 Å². The van der Waals surface area contributed by atoms with Gasteiger partial charge in [0.1, 0.15) is 11.4 Å². The molecule has 4 N–H and O–H groups in total. The van der Waals surface area contributed by atoms with Crippen molar-refractivity contribution in [1.82, 2.24) is 9.55 Å². The number of nitrogens with two attached hydrogens (primary N) is 1. The molecule has 0 unspecified atom stereocenters. The summed E-state index contributed by atoms with van der Waals surface area (Å²) in [6.07, 6.45) is 1.28. The lowest BCUT2D eigenvalue weighted by Gasteiger charge is -2.02. The molecule has 0 fully saturated rings. The third-order valence-electron chi connectivity index (χ3n) is 2.53. The van der Waals surface area contributed by atoms with Crippen LogP contribution >= 0.6 is 0 Å². The van der Waals surface area contributed by atoms with Gasteiger partial charge in [-0.3, -0.25) is 19.8 Å². The SMILES string of the molecule is Cn1c(=O)[nH]c(N)c(C=NNc2ccccc2)c1=O. The highest BCUT2D eigenvalue weighted by atomic mass is 16.2. The predicted molar refractivity (Wildman–Crippen MR) is 74.4 cm³/mol. The number of rotatable bonds is 3. The lowest BCUT2D eigenvalue weighted by Crippen LogP contribution is -2.36. The number of hydrazone groups is 1. The monoisotopic (exact) mass is 259 g/mol. The van der Waals surface area contributed by atoms with Gasteiger partial charge in [-0.1, -0.05) is 18.2 Å². The number of nitrogen functional groups attached to an aromatic ring is 1. The largest absolute Gasteiger partial charge is 0.384 e. The molecule has 0 amide bonds. The number of nitrogens with one attached hydrogen (secondary N) is 2. The fourth-order valence-corrected chi connectivity index (χ4v) is 1.46. The van der Waals surface area contributed by atoms with E-state index in [2.05, 4.69) is 15.5 Å². The molecule has 1 heterocycles. The van der Waals surface area contributed by atoms with Crippen molar-refractivity contribution in [2.24, 2.45) is 12.1 Å². The quantitative estimate of drug-likeness (QED) is 0.537. The van der Waals surface area contributed by atoms with Gasteiger partial charge in [0.2, 0.25) is 0 Å². The van der Waals surface area contributed by atoms with E-state index in [4.69, 9.17) is 5.73 Å². The number of benzene rings is 1. The van der Waals surface area contributed by atoms with Gasteiger partial charge in [-0.25, -0.2) is 4.79 Å². The zero-order valence-corrected chi connectivity index (χ0v) is 10.3. The van der Waals surface area contributed by atoms with E-state index < -0.39 is 11.2 Å². The molecule has 0 saturated heterocycles. The Hall–Kier alpha value is -2.83. The number of aromatic amines is 1. The van der Waals surface area contributed by atoms with E-state index in [-0.39, 0.29) is 11.4 Å². The van der Waals surface area contributed by atoms with E-state index in [1.165, 1.54) is 13.3 Å². The van der Waals surface area contributed by atoms with Crippen LogP contribution in [0.25, 0.3) is 0 Å². The Morgan fingerprint density at radius 2 is 2.00 bits per heavy atom. The summed E-state index contributed by atoms with van der Waals surface area (Å²) in [5.41, 5.74) is 8.18. The molecule has 0 aliphatic heterocycles. The third-order valence-corrected chi connectivity index (χ3v) is 2.53. The third kappa shape index (κ3) is 2.71. The average molecular weight is 259 g/mol. The van der Waals surface area contributed by atoms with Crippen LogP contribution in [0.4, 0.5) is 11.5 Å². The molecule has 0 radical (unpaired) electrons. The van der Waals surface area contributed by atoms with Crippen molar-refractivity contribution in [3.05, 3.63) is 56.7 Å². The molecule has 0 atom stereocenters. The summed E-state index contributed by atoms with van der Waals surface area (Å²) < 4.78 is 0.931. The first-order valence-corrected chi connectivity index (χ1v) is 5.52. The Morgan fingerprint density at radius 1 is 1.32 bits per heavy atom. The predicted octanol–water partition coefficient (Wildman–Crippen LogP) is 0.102. The summed E-state index contributed by atoms with van der Waals surface area (Å²) >= 11 is 0. The Balaban J connectivity index is 2.27. The van der Waals surface area contributed by atoms with Gasteiger partial charge in [-0.15, -0.1) is 0 Å². The standard InChI is InChI=1S/C12H13N5O2/c1-17-11(18)9(10(13)15-12(17)19)7-14-16-8-5-3-2-4-6-8/h2-7,16H,13H2,1H3,(H,15,19). The van der Waals surface area contributed by atoms with Crippen molar-refractivity contribution >= 4 is 17.7 Å². The van der Waals surface area contributed by atoms with Crippen LogP contribution in [0.1, 0.15) is 5.56 Å². The number of anilines is 2. The van der Waals surface area contributed by atoms with E-state index in [0.29, 0.717) is 0 Å². The highest BCUT2D eigenvalue weighted by Crippen LogP contribution is 2.04. The van der Waals surface area contributed by atoms with Crippen molar-refractivity contribution in [2.75, 3.05) is 11.2 Å². The zero-order valence-electron chi connectivity index (χ0n) is 10.3. The summed E-state index contributed by atoms with van der Waals surface area (Å²) in [5.74, 6) is -0.00767. The molecule has 0 spiro atoms. The van der Waals surface area contributed by atoms with Crippen LogP contribution < -0.4 is 22.4 Å². The smallest absolute Gasteiger partial charge is 0.329 e. The van der Waals surface area contributed by atoms with Crippen LogP contribution in [-0.2, 0) is 7.05 Å². The maximum Gasteiger partial charge on any atom is 0.329 e. The number of H-pyrrole nitrogens is 1. The maximum absolute atomic E-state index is 11.8. The van der Waals surface area contributed by atoms with Crippen LogP contribution in [0.3, 0.4) is 0 Å². The number of hydrogen-bond donors (Lipinski definition) is 3. The number of para-hydroxylation sites is 1. The van der Waals surface area contributed by atoms with Gasteiger partial charge in [-0.05, 0) is 12.1 Å². The van der Waals surface area contributed by atoms with Crippen molar-refractivity contribution in [1.29, 1.82) is 0 Å². The molecule has 0 bridgehead atoms. The molecule has 19 heavy (non-hydrogen) atoms. The van der Waals surface area contributed by atoms with Crippen LogP contribution in [-0.4, -0.2) is 15.8 Å². The molecule has 98 valence electrons. The second-order valence-electron chi connectivity index (χ2n) is 3.86. The molecular weight excluding hydrogens is 246 g/mol. The van der Waals surface area contributed by atoms with Gasteiger partial charge >= 0.3 is 5.69 Å². The molecule has 1 aromatic carbocycles. The Bertz CT molecular complexity index is 715. The first-order chi connectivity index (χ1) is 9.09. The van der Waals surface area contributed by atoms with Gasteiger partial charge in [0.05, 0.1) is 11.9 Å². The van der Waals surface area contributed by atoms with Gasteiger partial charge < -0.3 is 5.73 Å². The minimum Gasteiger partial charge on any atom is -0.384 e. The molecule has 2 rings (SSSR count). The molecule has 0 aliphatic rings. The molecule has 1 aromatic heterocycles. The lowest BCUT2D eigenvalue weighted by atomic mass is 10.3. The van der Waals surface area contributed by atoms with E-state index in [1.807, 2.05) is 30.3 Å². The molecule has 0 saturated carbocycles. The summed E-state index contributed by atoms with van der Waals surface area (Å²) in [4.78, 5) is 25.4. The Morgan fingerprint density at radius 3 is 2.68 bits per heavy atom. The van der Waals surface area contributed by atoms with E-state index in [0.717, 1.165) is 10.3 Å². The zero-order chi connectivity index (χ0) is 13.8. The molecule has 7 nitrogen and oxygen atoms in total. The van der Waals surface area contributed by atoms with Crippen molar-refractivity contribution in [3.63, 3.8) is 0 Å². The Kier molecular flexibility index (Phi) is 3.46. The highest BCUT2D eigenvalue weighted by molar-refractivity contribution is 5.85. The normalized spacial score (nSPS) is 10.8. The fraction of sp³-hybridized carbons (Fsp3) is 0.0833. The molecule has 7 heteroatoms. The van der Waals surface area contributed by atoms with Gasteiger partial charge in [-0.2, -0.15) is 5.10 Å². The first-order valence-electron chi connectivity index (χ1n) is 5.52. The van der Waals surface area contributed by atoms with E-state index in [1.54, 1.807) is 0 Å². The minimum absolute atomic E-state index is 0.00767. The van der Waals surface area contributed by atoms with E-state index >= 15 is 0 Å². The van der Waals surface area contributed by atoms with Crippen molar-refractivity contribution in [2.45, 2.75) is 0 Å². The second-order valence-corrected chi connectivity index (χ2v) is 3.86. The van der Waals surface area contributed by atoms with Crippen molar-refractivity contribution < 1.29 is 0 Å². The number of nitrogens with zero attached hydrogens (tertiary/aromatic N) is 2. The lowest BCUT2D eigenvalue weighted by molar-refractivity contribution is 0.777.